The number of anilines is 9. The van der Waals surface area contributed by atoms with E-state index >= 15 is 0 Å². The molecular formula is C30H27N5. The van der Waals surface area contributed by atoms with Crippen molar-refractivity contribution in [2.45, 2.75) is 0 Å². The van der Waals surface area contributed by atoms with Gasteiger partial charge in [0, 0.05) is 51.2 Å². The summed E-state index contributed by atoms with van der Waals surface area (Å²) in [5.74, 6) is 0. The summed E-state index contributed by atoms with van der Waals surface area (Å²) in [6.07, 6.45) is 0. The van der Waals surface area contributed by atoms with Gasteiger partial charge in [-0.1, -0.05) is 18.2 Å². The van der Waals surface area contributed by atoms with Crippen LogP contribution in [0.2, 0.25) is 0 Å². The number of rotatable bonds is 8. The smallest absolute Gasteiger partial charge is 0.0385 e. The lowest BCUT2D eigenvalue weighted by Crippen LogP contribution is -1.94. The second kappa shape index (κ2) is 10.4. The van der Waals surface area contributed by atoms with Crippen molar-refractivity contribution in [2.75, 3.05) is 27.0 Å². The first-order chi connectivity index (χ1) is 17.2. The van der Waals surface area contributed by atoms with Gasteiger partial charge in [-0.3, -0.25) is 0 Å². The highest BCUT2D eigenvalue weighted by Gasteiger charge is 2.00. The van der Waals surface area contributed by atoms with Crippen LogP contribution in [0.1, 0.15) is 0 Å². The third-order valence-corrected chi connectivity index (χ3v) is 5.49. The summed E-state index contributed by atoms with van der Waals surface area (Å²) >= 11 is 0. The molecule has 0 radical (unpaired) electrons. The summed E-state index contributed by atoms with van der Waals surface area (Å²) in [7, 11) is 0. The van der Waals surface area contributed by atoms with Gasteiger partial charge >= 0.3 is 0 Å². The Balaban J connectivity index is 1.15. The Morgan fingerprint density at radius 1 is 0.286 bits per heavy atom. The Bertz CT molecular complexity index is 1350. The Morgan fingerprint density at radius 2 is 0.514 bits per heavy atom. The average Bonchev–Trinajstić information content (AvgIpc) is 2.89. The lowest BCUT2D eigenvalue weighted by atomic mass is 10.2. The summed E-state index contributed by atoms with van der Waals surface area (Å²) in [5.41, 5.74) is 14.8. The van der Waals surface area contributed by atoms with E-state index in [1.165, 1.54) is 0 Å². The van der Waals surface area contributed by atoms with Crippen molar-refractivity contribution < 1.29 is 0 Å². The third-order valence-electron chi connectivity index (χ3n) is 5.49. The van der Waals surface area contributed by atoms with E-state index in [1.54, 1.807) is 0 Å². The fourth-order valence-electron chi connectivity index (χ4n) is 3.67. The number of hydrogen-bond donors (Lipinski definition) is 5. The van der Waals surface area contributed by atoms with Gasteiger partial charge in [-0.15, -0.1) is 0 Å². The first-order valence-corrected chi connectivity index (χ1v) is 11.5. The molecule has 35 heavy (non-hydrogen) atoms. The zero-order valence-electron chi connectivity index (χ0n) is 19.2. The van der Waals surface area contributed by atoms with E-state index in [0.29, 0.717) is 0 Å². The zero-order chi connectivity index (χ0) is 23.9. The summed E-state index contributed by atoms with van der Waals surface area (Å²) < 4.78 is 0. The first kappa shape index (κ1) is 21.9. The van der Waals surface area contributed by atoms with Gasteiger partial charge in [-0.05, 0) is 109 Å². The molecule has 0 saturated carbocycles. The Labute approximate surface area is 205 Å². The lowest BCUT2D eigenvalue weighted by molar-refractivity contribution is 1.50. The molecule has 0 aromatic heterocycles. The van der Waals surface area contributed by atoms with Gasteiger partial charge in [0.25, 0.3) is 0 Å². The maximum absolute atomic E-state index is 5.75. The van der Waals surface area contributed by atoms with E-state index in [1.807, 2.05) is 54.6 Å². The molecule has 5 rings (SSSR count). The van der Waals surface area contributed by atoms with Crippen LogP contribution in [-0.4, -0.2) is 0 Å². The van der Waals surface area contributed by atoms with Gasteiger partial charge in [0.1, 0.15) is 0 Å². The first-order valence-electron chi connectivity index (χ1n) is 11.5. The van der Waals surface area contributed by atoms with Crippen LogP contribution >= 0.6 is 0 Å². The van der Waals surface area contributed by atoms with Crippen molar-refractivity contribution in [3.63, 3.8) is 0 Å². The van der Waals surface area contributed by atoms with Crippen LogP contribution in [0.5, 0.6) is 0 Å². The normalized spacial score (nSPS) is 10.4. The maximum Gasteiger partial charge on any atom is 0.0385 e. The average molecular weight is 458 g/mol. The van der Waals surface area contributed by atoms with Crippen LogP contribution in [0.4, 0.5) is 51.2 Å². The fraction of sp³-hybridized carbons (Fsp3) is 0. The Hall–Kier alpha value is -4.90. The molecule has 0 heterocycles. The molecule has 0 aliphatic carbocycles. The van der Waals surface area contributed by atoms with Crippen molar-refractivity contribution in [1.29, 1.82) is 0 Å². The standard InChI is InChI=1S/C30H27N5/c31-22-6-8-24(9-7-22)33-26-14-16-28(17-15-26)35-30-20-18-29(19-21-30)34-27-12-10-25(11-13-27)32-23-4-2-1-3-5-23/h1-21,32-35H,31H2. The van der Waals surface area contributed by atoms with E-state index < -0.39 is 0 Å². The minimum Gasteiger partial charge on any atom is -0.399 e. The van der Waals surface area contributed by atoms with Gasteiger partial charge in [0.15, 0.2) is 0 Å². The van der Waals surface area contributed by atoms with E-state index in [-0.39, 0.29) is 0 Å². The molecule has 0 aliphatic heterocycles. The molecular weight excluding hydrogens is 430 g/mol. The minimum atomic E-state index is 0.755. The van der Waals surface area contributed by atoms with Crippen LogP contribution in [0.25, 0.3) is 0 Å². The molecule has 0 bridgehead atoms. The minimum absolute atomic E-state index is 0.755. The summed E-state index contributed by atoms with van der Waals surface area (Å²) in [5, 5.41) is 13.7. The van der Waals surface area contributed by atoms with Crippen molar-refractivity contribution >= 4 is 51.2 Å². The summed E-state index contributed by atoms with van der Waals surface area (Å²) in [6.45, 7) is 0. The Morgan fingerprint density at radius 3 is 0.800 bits per heavy atom. The molecule has 5 heteroatoms. The second-order valence-corrected chi connectivity index (χ2v) is 8.22. The quantitative estimate of drug-likeness (QED) is 0.152. The van der Waals surface area contributed by atoms with Crippen LogP contribution in [0.3, 0.4) is 0 Å². The molecule has 6 N–H and O–H groups in total. The van der Waals surface area contributed by atoms with Gasteiger partial charge in [-0.25, -0.2) is 0 Å². The molecule has 0 unspecified atom stereocenters. The van der Waals surface area contributed by atoms with E-state index in [4.69, 9.17) is 5.73 Å². The Kier molecular flexibility index (Phi) is 6.49. The monoisotopic (exact) mass is 457 g/mol. The number of nitrogens with one attached hydrogen (secondary N) is 4. The molecule has 5 nitrogen and oxygen atoms in total. The largest absolute Gasteiger partial charge is 0.399 e. The molecule has 172 valence electrons. The highest BCUT2D eigenvalue weighted by Crippen LogP contribution is 2.25. The topological polar surface area (TPSA) is 74.1 Å². The summed E-state index contributed by atoms with van der Waals surface area (Å²) in [4.78, 5) is 0. The maximum atomic E-state index is 5.75. The SMILES string of the molecule is Nc1ccc(Nc2ccc(Nc3ccc(Nc4ccc(Nc5ccccc5)cc4)cc3)cc2)cc1. The molecule has 0 atom stereocenters. The highest BCUT2D eigenvalue weighted by atomic mass is 14.9. The van der Waals surface area contributed by atoms with E-state index in [2.05, 4.69) is 94.1 Å². The number of hydrogen-bond acceptors (Lipinski definition) is 5. The highest BCUT2D eigenvalue weighted by molar-refractivity contribution is 5.70. The van der Waals surface area contributed by atoms with E-state index in [9.17, 15) is 0 Å². The second-order valence-electron chi connectivity index (χ2n) is 8.22. The van der Waals surface area contributed by atoms with Crippen LogP contribution in [-0.2, 0) is 0 Å². The van der Waals surface area contributed by atoms with Gasteiger partial charge in [0.05, 0.1) is 0 Å². The molecule has 0 spiro atoms. The van der Waals surface area contributed by atoms with Crippen molar-refractivity contribution in [3.8, 4) is 0 Å². The number of nitrogen functional groups attached to an aromatic ring is 1. The third kappa shape index (κ3) is 6.12. The van der Waals surface area contributed by atoms with Gasteiger partial charge < -0.3 is 27.0 Å². The van der Waals surface area contributed by atoms with Crippen LogP contribution in [0.15, 0.2) is 127 Å². The molecule has 0 aliphatic rings. The fourth-order valence-corrected chi connectivity index (χ4v) is 3.67. The van der Waals surface area contributed by atoms with Crippen molar-refractivity contribution in [3.05, 3.63) is 127 Å². The van der Waals surface area contributed by atoms with Crippen LogP contribution in [0, 0.1) is 0 Å². The number of nitrogens with two attached hydrogens (primary N) is 1. The van der Waals surface area contributed by atoms with Gasteiger partial charge in [0.2, 0.25) is 0 Å². The number of para-hydroxylation sites is 1. The predicted octanol–water partition coefficient (Wildman–Crippen LogP) is 8.24. The number of benzene rings is 5. The lowest BCUT2D eigenvalue weighted by Gasteiger charge is -2.12. The molecule has 5 aromatic rings. The predicted molar refractivity (Wildman–Crippen MR) is 150 cm³/mol. The van der Waals surface area contributed by atoms with E-state index in [0.717, 1.165) is 51.2 Å². The molecule has 5 aromatic carbocycles. The van der Waals surface area contributed by atoms with Crippen molar-refractivity contribution in [2.24, 2.45) is 0 Å². The zero-order valence-corrected chi connectivity index (χ0v) is 19.2. The summed E-state index contributed by atoms with van der Waals surface area (Å²) in [6, 6.07) is 42.6. The molecule has 0 fully saturated rings. The van der Waals surface area contributed by atoms with Crippen LogP contribution < -0.4 is 27.0 Å². The van der Waals surface area contributed by atoms with Gasteiger partial charge in [-0.2, -0.15) is 0 Å². The molecule has 0 saturated heterocycles. The van der Waals surface area contributed by atoms with Crippen molar-refractivity contribution in [1.82, 2.24) is 0 Å². The molecule has 0 amide bonds.